The predicted octanol–water partition coefficient (Wildman–Crippen LogP) is 2.98. The van der Waals surface area contributed by atoms with E-state index in [1.165, 1.54) is 0 Å². The van der Waals surface area contributed by atoms with Crippen LogP contribution in [0.5, 0.6) is 0 Å². The average Bonchev–Trinajstić information content (AvgIpc) is 3.26. The van der Waals surface area contributed by atoms with Crippen LogP contribution >= 0.6 is 0 Å². The number of carbonyl (C=O) groups excluding carboxylic acids is 2. The topological polar surface area (TPSA) is 80.6 Å². The van der Waals surface area contributed by atoms with Crippen molar-refractivity contribution < 1.29 is 18.7 Å². The van der Waals surface area contributed by atoms with Crippen LogP contribution in [0.1, 0.15) is 35.2 Å². The summed E-state index contributed by atoms with van der Waals surface area (Å²) in [6, 6.07) is 10.0. The molecule has 6 heteroatoms. The van der Waals surface area contributed by atoms with Gasteiger partial charge in [-0.05, 0) is 42.8 Å². The number of amides is 2. The number of hydrogen-bond donors (Lipinski definition) is 2. The lowest BCUT2D eigenvalue weighted by molar-refractivity contribution is 0.101. The summed E-state index contributed by atoms with van der Waals surface area (Å²) in [5, 5.41) is 5.59. The third-order valence-electron chi connectivity index (χ3n) is 3.90. The molecular formula is C18H20N2O4. The third-order valence-corrected chi connectivity index (χ3v) is 3.90. The Balaban J connectivity index is 1.60. The Morgan fingerprint density at radius 3 is 2.58 bits per heavy atom. The molecule has 126 valence electrons. The zero-order valence-electron chi connectivity index (χ0n) is 13.5. The van der Waals surface area contributed by atoms with Crippen LogP contribution in [-0.2, 0) is 11.2 Å². The van der Waals surface area contributed by atoms with Crippen molar-refractivity contribution >= 4 is 17.5 Å². The molecule has 1 aromatic heterocycles. The highest BCUT2D eigenvalue weighted by Crippen LogP contribution is 2.16. The lowest BCUT2D eigenvalue weighted by Crippen LogP contribution is -2.38. The summed E-state index contributed by atoms with van der Waals surface area (Å²) in [4.78, 5) is 24.2. The van der Waals surface area contributed by atoms with Crippen molar-refractivity contribution in [3.8, 4) is 0 Å². The molecule has 1 aliphatic heterocycles. The fourth-order valence-electron chi connectivity index (χ4n) is 2.54. The fourth-order valence-corrected chi connectivity index (χ4v) is 2.54. The fraction of sp³-hybridized carbons (Fsp3) is 0.333. The molecule has 0 spiro atoms. The first-order valence-electron chi connectivity index (χ1n) is 8.04. The van der Waals surface area contributed by atoms with E-state index in [0.29, 0.717) is 30.2 Å². The van der Waals surface area contributed by atoms with E-state index in [9.17, 15) is 9.59 Å². The molecule has 2 N–H and O–H groups in total. The highest BCUT2D eigenvalue weighted by molar-refractivity contribution is 6.07. The second-order valence-corrected chi connectivity index (χ2v) is 5.68. The van der Waals surface area contributed by atoms with E-state index in [4.69, 9.17) is 9.15 Å². The summed E-state index contributed by atoms with van der Waals surface area (Å²) >= 11 is 0. The minimum atomic E-state index is -0.275. The second kappa shape index (κ2) is 7.31. The van der Waals surface area contributed by atoms with Crippen LogP contribution < -0.4 is 10.6 Å². The predicted molar refractivity (Wildman–Crippen MR) is 89.3 cm³/mol. The van der Waals surface area contributed by atoms with Gasteiger partial charge in [0.2, 0.25) is 5.78 Å². The lowest BCUT2D eigenvalue weighted by Gasteiger charge is -2.12. The van der Waals surface area contributed by atoms with Crippen molar-refractivity contribution in [3.63, 3.8) is 0 Å². The zero-order valence-corrected chi connectivity index (χ0v) is 13.5. The van der Waals surface area contributed by atoms with Crippen molar-refractivity contribution in [2.45, 2.75) is 25.8 Å². The Kier molecular flexibility index (Phi) is 4.96. The van der Waals surface area contributed by atoms with Crippen LogP contribution in [-0.4, -0.2) is 31.1 Å². The molecule has 0 bridgehead atoms. The summed E-state index contributed by atoms with van der Waals surface area (Å²) in [6.45, 7) is 3.19. The highest BCUT2D eigenvalue weighted by Gasteiger charge is 2.18. The molecule has 0 radical (unpaired) electrons. The van der Waals surface area contributed by atoms with Crippen LogP contribution in [0.25, 0.3) is 0 Å². The van der Waals surface area contributed by atoms with Gasteiger partial charge in [-0.15, -0.1) is 0 Å². The number of ether oxygens (including phenoxy) is 1. The van der Waals surface area contributed by atoms with Crippen molar-refractivity contribution in [1.82, 2.24) is 5.32 Å². The minimum absolute atomic E-state index is 0.0533. The lowest BCUT2D eigenvalue weighted by atomic mass is 10.1. The quantitative estimate of drug-likeness (QED) is 0.827. The number of furan rings is 1. The molecule has 0 aliphatic carbocycles. The summed E-state index contributed by atoms with van der Waals surface area (Å²) < 4.78 is 10.7. The van der Waals surface area contributed by atoms with Gasteiger partial charge in [-0.1, -0.05) is 6.92 Å². The number of rotatable bonds is 5. The maximum absolute atomic E-state index is 12.3. The van der Waals surface area contributed by atoms with Gasteiger partial charge >= 0.3 is 6.03 Å². The number of aryl methyl sites for hydroxylation is 1. The summed E-state index contributed by atoms with van der Waals surface area (Å²) in [5.41, 5.74) is 1.14. The van der Waals surface area contributed by atoms with Crippen LogP contribution in [0.3, 0.4) is 0 Å². The monoisotopic (exact) mass is 328 g/mol. The summed E-state index contributed by atoms with van der Waals surface area (Å²) in [7, 11) is 0. The molecule has 1 aromatic carbocycles. The van der Waals surface area contributed by atoms with Gasteiger partial charge in [-0.25, -0.2) is 4.79 Å². The molecular weight excluding hydrogens is 308 g/mol. The molecule has 6 nitrogen and oxygen atoms in total. The zero-order chi connectivity index (χ0) is 16.9. The van der Waals surface area contributed by atoms with E-state index < -0.39 is 0 Å². The molecule has 3 rings (SSSR count). The van der Waals surface area contributed by atoms with E-state index >= 15 is 0 Å². The molecule has 0 saturated carbocycles. The first kappa shape index (κ1) is 16.3. The van der Waals surface area contributed by atoms with Crippen molar-refractivity contribution in [2.75, 3.05) is 18.5 Å². The van der Waals surface area contributed by atoms with Gasteiger partial charge in [0.05, 0.1) is 12.6 Å². The van der Waals surface area contributed by atoms with Crippen LogP contribution in [0.2, 0.25) is 0 Å². The normalized spacial score (nSPS) is 16.8. The number of benzene rings is 1. The number of urea groups is 1. The van der Waals surface area contributed by atoms with Gasteiger partial charge in [-0.2, -0.15) is 0 Å². The van der Waals surface area contributed by atoms with Gasteiger partial charge in [0.1, 0.15) is 5.76 Å². The van der Waals surface area contributed by atoms with Gasteiger partial charge in [-0.3, -0.25) is 4.79 Å². The number of ketones is 1. The van der Waals surface area contributed by atoms with E-state index in [1.807, 2.05) is 6.92 Å². The Morgan fingerprint density at radius 2 is 1.96 bits per heavy atom. The maximum atomic E-state index is 12.3. The van der Waals surface area contributed by atoms with E-state index in [2.05, 4.69) is 10.6 Å². The maximum Gasteiger partial charge on any atom is 0.319 e. The standard InChI is InChI=1S/C18H20N2O4/c1-2-15-7-8-16(24-15)17(21)12-3-5-13(6-4-12)19-18(22)20-14-9-10-23-11-14/h3-8,14H,2,9-11H2,1H3,(H2,19,20,22)/t14-/m1/s1. The van der Waals surface area contributed by atoms with Gasteiger partial charge < -0.3 is 19.8 Å². The molecule has 2 aromatic rings. The van der Waals surface area contributed by atoms with Crippen LogP contribution in [0, 0.1) is 0 Å². The van der Waals surface area contributed by atoms with E-state index in [0.717, 1.165) is 18.6 Å². The van der Waals surface area contributed by atoms with Crippen molar-refractivity contribution in [1.29, 1.82) is 0 Å². The van der Waals surface area contributed by atoms with E-state index in [1.54, 1.807) is 36.4 Å². The second-order valence-electron chi connectivity index (χ2n) is 5.68. The number of hydrogen-bond acceptors (Lipinski definition) is 4. The smallest absolute Gasteiger partial charge is 0.319 e. The number of nitrogens with one attached hydrogen (secondary N) is 2. The Labute approximate surface area is 140 Å². The number of anilines is 1. The van der Waals surface area contributed by atoms with Crippen molar-refractivity contribution in [3.05, 3.63) is 53.5 Å². The molecule has 1 aliphatic rings. The van der Waals surface area contributed by atoms with Gasteiger partial charge in [0.25, 0.3) is 0 Å². The Bertz CT molecular complexity index is 715. The average molecular weight is 328 g/mol. The van der Waals surface area contributed by atoms with Gasteiger partial charge in [0.15, 0.2) is 5.76 Å². The van der Waals surface area contributed by atoms with Crippen LogP contribution in [0.4, 0.5) is 10.5 Å². The summed E-state index contributed by atoms with van der Waals surface area (Å²) in [5.74, 6) is 0.935. The van der Waals surface area contributed by atoms with Gasteiger partial charge in [0, 0.05) is 24.3 Å². The first-order chi connectivity index (χ1) is 11.7. The highest BCUT2D eigenvalue weighted by atomic mass is 16.5. The molecule has 24 heavy (non-hydrogen) atoms. The molecule has 1 atom stereocenters. The Hall–Kier alpha value is -2.60. The number of carbonyl (C=O) groups is 2. The third kappa shape index (κ3) is 3.83. The largest absolute Gasteiger partial charge is 0.458 e. The SMILES string of the molecule is CCc1ccc(C(=O)c2ccc(NC(=O)N[C@@H]3CCOC3)cc2)o1. The molecule has 1 fully saturated rings. The molecule has 2 amide bonds. The van der Waals surface area contributed by atoms with E-state index in [-0.39, 0.29) is 17.9 Å². The minimum Gasteiger partial charge on any atom is -0.458 e. The Morgan fingerprint density at radius 1 is 1.17 bits per heavy atom. The van der Waals surface area contributed by atoms with Crippen LogP contribution in [0.15, 0.2) is 40.8 Å². The molecule has 1 saturated heterocycles. The molecule has 0 unspecified atom stereocenters. The first-order valence-corrected chi connectivity index (χ1v) is 8.04. The molecule has 2 heterocycles. The van der Waals surface area contributed by atoms with Crippen molar-refractivity contribution in [2.24, 2.45) is 0 Å². The summed E-state index contributed by atoms with van der Waals surface area (Å²) in [6.07, 6.45) is 1.57.